The molecule has 22 heavy (non-hydrogen) atoms. The average Bonchev–Trinajstić information content (AvgIpc) is 2.48. The molecule has 0 aromatic heterocycles. The van der Waals surface area contributed by atoms with E-state index in [4.69, 9.17) is 4.74 Å². The molecule has 1 aromatic rings. The summed E-state index contributed by atoms with van der Waals surface area (Å²) in [5.41, 5.74) is 0.709. The van der Waals surface area contributed by atoms with E-state index in [1.807, 2.05) is 0 Å². The minimum Gasteiger partial charge on any atom is -0.484 e. The normalized spacial score (nSPS) is 21.0. The van der Waals surface area contributed by atoms with Crippen LogP contribution in [0.4, 0.5) is 5.69 Å². The van der Waals surface area contributed by atoms with E-state index < -0.39 is 0 Å². The molecule has 1 fully saturated rings. The summed E-state index contributed by atoms with van der Waals surface area (Å²) in [6.07, 6.45) is 4.67. The highest BCUT2D eigenvalue weighted by molar-refractivity contribution is 5.88. The van der Waals surface area contributed by atoms with E-state index >= 15 is 0 Å². The van der Waals surface area contributed by atoms with Crippen molar-refractivity contribution in [1.29, 1.82) is 0 Å². The van der Waals surface area contributed by atoms with E-state index in [2.05, 4.69) is 17.6 Å². The minimum absolute atomic E-state index is 0.0166. The number of ether oxygens (including phenoxy) is 1. The highest BCUT2D eigenvalue weighted by Gasteiger charge is 2.22. The first-order valence-electron chi connectivity index (χ1n) is 7.84. The summed E-state index contributed by atoms with van der Waals surface area (Å²) < 4.78 is 5.48. The fraction of sp³-hybridized carbons (Fsp3) is 0.529. The van der Waals surface area contributed by atoms with Crippen molar-refractivity contribution in [2.45, 2.75) is 45.6 Å². The molecule has 5 heteroatoms. The highest BCUT2D eigenvalue weighted by atomic mass is 16.5. The molecule has 0 radical (unpaired) electrons. The van der Waals surface area contributed by atoms with E-state index in [0.717, 1.165) is 6.42 Å². The van der Waals surface area contributed by atoms with Crippen molar-refractivity contribution in [3.05, 3.63) is 24.3 Å². The number of carbonyl (C=O) groups excluding carboxylic acids is 2. The molecular formula is C17H24N2O3. The van der Waals surface area contributed by atoms with Crippen molar-refractivity contribution in [1.82, 2.24) is 5.32 Å². The second kappa shape index (κ2) is 7.82. The van der Waals surface area contributed by atoms with Crippen LogP contribution in [0.5, 0.6) is 5.75 Å². The van der Waals surface area contributed by atoms with E-state index in [1.54, 1.807) is 24.3 Å². The van der Waals surface area contributed by atoms with Crippen molar-refractivity contribution in [3.8, 4) is 5.75 Å². The van der Waals surface area contributed by atoms with Gasteiger partial charge in [-0.15, -0.1) is 0 Å². The van der Waals surface area contributed by atoms with Crippen LogP contribution >= 0.6 is 0 Å². The largest absolute Gasteiger partial charge is 0.484 e. The zero-order valence-corrected chi connectivity index (χ0v) is 13.2. The van der Waals surface area contributed by atoms with Crippen LogP contribution in [-0.2, 0) is 9.59 Å². The third-order valence-corrected chi connectivity index (χ3v) is 4.00. The summed E-state index contributed by atoms with van der Waals surface area (Å²) in [7, 11) is 0. The number of benzene rings is 1. The molecule has 0 aliphatic heterocycles. The molecule has 2 rings (SSSR count). The zero-order valence-electron chi connectivity index (χ0n) is 13.2. The van der Waals surface area contributed by atoms with Crippen LogP contribution in [0.15, 0.2) is 24.3 Å². The van der Waals surface area contributed by atoms with Crippen LogP contribution < -0.4 is 15.4 Å². The number of hydrogen-bond donors (Lipinski definition) is 2. The van der Waals surface area contributed by atoms with Gasteiger partial charge in [0.2, 0.25) is 5.91 Å². The SMILES string of the molecule is CC(=O)Nc1ccc(OCC(=O)N[C@@H]2CCCC[C@@H]2C)cc1. The summed E-state index contributed by atoms with van der Waals surface area (Å²) >= 11 is 0. The molecule has 5 nitrogen and oxygen atoms in total. The van der Waals surface area contributed by atoms with Crippen LogP contribution in [0.25, 0.3) is 0 Å². The Morgan fingerprint density at radius 3 is 2.50 bits per heavy atom. The Morgan fingerprint density at radius 1 is 1.18 bits per heavy atom. The third-order valence-electron chi connectivity index (χ3n) is 4.00. The molecule has 0 bridgehead atoms. The summed E-state index contributed by atoms with van der Waals surface area (Å²) in [4.78, 5) is 22.9. The van der Waals surface area contributed by atoms with Crippen molar-refractivity contribution in [3.63, 3.8) is 0 Å². The molecular weight excluding hydrogens is 280 g/mol. The highest BCUT2D eigenvalue weighted by Crippen LogP contribution is 2.23. The molecule has 0 unspecified atom stereocenters. The van der Waals surface area contributed by atoms with Gasteiger partial charge in [0.1, 0.15) is 5.75 Å². The predicted octanol–water partition coefficient (Wildman–Crippen LogP) is 2.72. The quantitative estimate of drug-likeness (QED) is 0.879. The van der Waals surface area contributed by atoms with Gasteiger partial charge in [-0.1, -0.05) is 19.8 Å². The van der Waals surface area contributed by atoms with E-state index in [0.29, 0.717) is 17.4 Å². The predicted molar refractivity (Wildman–Crippen MR) is 85.8 cm³/mol. The maximum Gasteiger partial charge on any atom is 0.258 e. The standard InChI is InChI=1S/C17H24N2O3/c1-12-5-3-4-6-16(12)19-17(21)11-22-15-9-7-14(8-10-15)18-13(2)20/h7-10,12,16H,3-6,11H2,1-2H3,(H,18,20)(H,19,21)/t12-,16+/m0/s1. The van der Waals surface area contributed by atoms with Crippen molar-refractivity contribution in [2.24, 2.45) is 5.92 Å². The number of hydrogen-bond acceptors (Lipinski definition) is 3. The van der Waals surface area contributed by atoms with E-state index in [9.17, 15) is 9.59 Å². The Hall–Kier alpha value is -2.04. The van der Waals surface area contributed by atoms with Crippen molar-refractivity contribution in [2.75, 3.05) is 11.9 Å². The molecule has 1 aliphatic rings. The summed E-state index contributed by atoms with van der Waals surface area (Å²) in [6.45, 7) is 3.66. The van der Waals surface area contributed by atoms with Gasteiger partial charge >= 0.3 is 0 Å². The third kappa shape index (κ3) is 5.06. The minimum atomic E-state index is -0.116. The maximum absolute atomic E-state index is 11.9. The number of amides is 2. The summed E-state index contributed by atoms with van der Waals surface area (Å²) in [5, 5.41) is 5.74. The number of nitrogens with one attached hydrogen (secondary N) is 2. The second-order valence-corrected chi connectivity index (χ2v) is 5.93. The molecule has 0 saturated heterocycles. The molecule has 1 saturated carbocycles. The number of rotatable bonds is 5. The molecule has 0 spiro atoms. The average molecular weight is 304 g/mol. The molecule has 1 aliphatic carbocycles. The Morgan fingerprint density at radius 2 is 1.86 bits per heavy atom. The van der Waals surface area contributed by atoms with E-state index in [1.165, 1.54) is 26.2 Å². The topological polar surface area (TPSA) is 67.4 Å². The molecule has 2 amide bonds. The summed E-state index contributed by atoms with van der Waals surface area (Å²) in [6, 6.07) is 7.24. The van der Waals surface area contributed by atoms with Crippen LogP contribution in [0.1, 0.15) is 39.5 Å². The molecule has 0 heterocycles. The van der Waals surface area contributed by atoms with Gasteiger partial charge in [-0.3, -0.25) is 9.59 Å². The van der Waals surface area contributed by atoms with Gasteiger partial charge in [-0.25, -0.2) is 0 Å². The van der Waals surface area contributed by atoms with Crippen molar-refractivity contribution >= 4 is 17.5 Å². The fourth-order valence-corrected chi connectivity index (χ4v) is 2.77. The molecule has 120 valence electrons. The van der Waals surface area contributed by atoms with Gasteiger partial charge in [0.25, 0.3) is 5.91 Å². The van der Waals surface area contributed by atoms with Crippen molar-refractivity contribution < 1.29 is 14.3 Å². The lowest BCUT2D eigenvalue weighted by atomic mass is 9.86. The summed E-state index contributed by atoms with van der Waals surface area (Å²) in [5.74, 6) is 0.954. The Balaban J connectivity index is 1.77. The fourth-order valence-electron chi connectivity index (χ4n) is 2.77. The van der Waals surface area contributed by atoms with Gasteiger partial charge < -0.3 is 15.4 Å². The first kappa shape index (κ1) is 16.3. The lowest BCUT2D eigenvalue weighted by Gasteiger charge is -2.29. The Labute approximate surface area is 131 Å². The monoisotopic (exact) mass is 304 g/mol. The van der Waals surface area contributed by atoms with Gasteiger partial charge in [-0.05, 0) is 43.0 Å². The van der Waals surface area contributed by atoms with Crippen LogP contribution in [0.2, 0.25) is 0 Å². The first-order chi connectivity index (χ1) is 10.5. The first-order valence-corrected chi connectivity index (χ1v) is 7.84. The zero-order chi connectivity index (χ0) is 15.9. The van der Waals surface area contributed by atoms with Gasteiger partial charge in [0.15, 0.2) is 6.61 Å². The van der Waals surface area contributed by atoms with Gasteiger partial charge in [-0.2, -0.15) is 0 Å². The van der Waals surface area contributed by atoms with Crippen LogP contribution in [0, 0.1) is 5.92 Å². The molecule has 2 N–H and O–H groups in total. The number of carbonyl (C=O) groups is 2. The Bertz CT molecular complexity index is 513. The molecule has 1 aromatic carbocycles. The van der Waals surface area contributed by atoms with Crippen LogP contribution in [0.3, 0.4) is 0 Å². The molecule has 2 atom stereocenters. The number of anilines is 1. The van der Waals surface area contributed by atoms with Gasteiger partial charge in [0, 0.05) is 18.7 Å². The lowest BCUT2D eigenvalue weighted by Crippen LogP contribution is -2.43. The van der Waals surface area contributed by atoms with Crippen LogP contribution in [-0.4, -0.2) is 24.5 Å². The lowest BCUT2D eigenvalue weighted by molar-refractivity contribution is -0.124. The Kier molecular flexibility index (Phi) is 5.81. The van der Waals surface area contributed by atoms with E-state index in [-0.39, 0.29) is 24.5 Å². The maximum atomic E-state index is 11.9. The van der Waals surface area contributed by atoms with Gasteiger partial charge in [0.05, 0.1) is 0 Å². The smallest absolute Gasteiger partial charge is 0.258 e. The second-order valence-electron chi connectivity index (χ2n) is 5.93.